The summed E-state index contributed by atoms with van der Waals surface area (Å²) in [6.07, 6.45) is 0. The summed E-state index contributed by atoms with van der Waals surface area (Å²) in [6, 6.07) is 12.4. The molecule has 0 aliphatic carbocycles. The minimum atomic E-state index is -0.684. The Hall–Kier alpha value is -2.05. The summed E-state index contributed by atoms with van der Waals surface area (Å²) in [5.74, 6) is 0.0440. The van der Waals surface area contributed by atoms with Crippen LogP contribution in [0, 0.1) is 0 Å². The van der Waals surface area contributed by atoms with Crippen molar-refractivity contribution in [1.82, 2.24) is 10.2 Å². The summed E-state index contributed by atoms with van der Waals surface area (Å²) in [5, 5.41) is 3.41. The van der Waals surface area contributed by atoms with Gasteiger partial charge in [0.2, 0.25) is 5.91 Å². The highest BCUT2D eigenvalue weighted by Gasteiger charge is 2.27. The number of benzene rings is 2. The average molecular weight is 524 g/mol. The van der Waals surface area contributed by atoms with E-state index in [2.05, 4.69) is 42.0 Å². The van der Waals surface area contributed by atoms with Crippen molar-refractivity contribution in [3.05, 3.63) is 63.1 Å². The Morgan fingerprint density at radius 1 is 1.12 bits per heavy atom. The minimum absolute atomic E-state index is 0.00181. The van der Waals surface area contributed by atoms with Crippen molar-refractivity contribution < 1.29 is 14.3 Å². The maximum absolute atomic E-state index is 13.2. The predicted octanol–water partition coefficient (Wildman–Crippen LogP) is 5.72. The summed E-state index contributed by atoms with van der Waals surface area (Å²) in [7, 11) is 0. The van der Waals surface area contributed by atoms with Crippen molar-refractivity contribution in [3.8, 4) is 5.75 Å². The normalized spacial score (nSPS) is 12.4. The number of amides is 2. The topological polar surface area (TPSA) is 58.6 Å². The Morgan fingerprint density at radius 2 is 1.78 bits per heavy atom. The fourth-order valence-electron chi connectivity index (χ4n) is 3.10. The van der Waals surface area contributed by atoms with Gasteiger partial charge in [0.25, 0.3) is 5.91 Å². The third kappa shape index (κ3) is 7.24. The van der Waals surface area contributed by atoms with Crippen molar-refractivity contribution in [3.63, 3.8) is 0 Å². The molecule has 0 unspecified atom stereocenters. The summed E-state index contributed by atoms with van der Waals surface area (Å²) in [5.41, 5.74) is 1.92. The Kier molecular flexibility index (Phi) is 9.17. The first-order chi connectivity index (χ1) is 14.9. The second-order valence-electron chi connectivity index (χ2n) is 9.14. The van der Waals surface area contributed by atoms with Gasteiger partial charge in [-0.2, -0.15) is 0 Å². The number of ether oxygens (including phenoxy) is 1. The van der Waals surface area contributed by atoms with Crippen molar-refractivity contribution in [2.75, 3.05) is 6.61 Å². The van der Waals surface area contributed by atoms with E-state index in [1.165, 1.54) is 4.90 Å². The van der Waals surface area contributed by atoms with Crippen LogP contribution in [0.1, 0.15) is 52.7 Å². The molecule has 1 atom stereocenters. The van der Waals surface area contributed by atoms with Gasteiger partial charge in [0.15, 0.2) is 6.61 Å². The van der Waals surface area contributed by atoms with Crippen molar-refractivity contribution in [2.24, 2.45) is 0 Å². The van der Waals surface area contributed by atoms with E-state index in [1.807, 2.05) is 50.2 Å². The Balaban J connectivity index is 2.20. The van der Waals surface area contributed by atoms with Crippen LogP contribution in [0.3, 0.4) is 0 Å². The number of carbonyl (C=O) groups is 2. The quantitative estimate of drug-likeness (QED) is 0.481. The van der Waals surface area contributed by atoms with E-state index in [1.54, 1.807) is 13.0 Å². The minimum Gasteiger partial charge on any atom is -0.483 e. The smallest absolute Gasteiger partial charge is 0.261 e. The lowest BCUT2D eigenvalue weighted by molar-refractivity contribution is -0.142. The first kappa shape index (κ1) is 26.2. The van der Waals surface area contributed by atoms with E-state index in [0.717, 1.165) is 15.6 Å². The van der Waals surface area contributed by atoms with Gasteiger partial charge >= 0.3 is 0 Å². The number of hydrogen-bond acceptors (Lipinski definition) is 3. The van der Waals surface area contributed by atoms with E-state index in [-0.39, 0.29) is 36.4 Å². The van der Waals surface area contributed by atoms with Gasteiger partial charge in [-0.3, -0.25) is 9.59 Å². The molecule has 0 aliphatic heterocycles. The van der Waals surface area contributed by atoms with Gasteiger partial charge in [-0.15, -0.1) is 0 Å². The van der Waals surface area contributed by atoms with Gasteiger partial charge in [-0.25, -0.2) is 0 Å². The van der Waals surface area contributed by atoms with E-state index in [0.29, 0.717) is 10.8 Å². The van der Waals surface area contributed by atoms with Crippen molar-refractivity contribution >= 4 is 39.3 Å². The molecule has 0 fully saturated rings. The van der Waals surface area contributed by atoms with Gasteiger partial charge in [0, 0.05) is 17.6 Å². The molecule has 174 valence electrons. The van der Waals surface area contributed by atoms with Crippen LogP contribution >= 0.6 is 27.5 Å². The molecule has 0 spiro atoms. The largest absolute Gasteiger partial charge is 0.483 e. The van der Waals surface area contributed by atoms with Gasteiger partial charge in [0.05, 0.1) is 4.47 Å². The molecular formula is C25H32BrClN2O3. The molecule has 5 nitrogen and oxygen atoms in total. The van der Waals surface area contributed by atoms with Crippen LogP contribution < -0.4 is 10.1 Å². The van der Waals surface area contributed by atoms with E-state index in [9.17, 15) is 9.59 Å². The summed E-state index contributed by atoms with van der Waals surface area (Å²) in [4.78, 5) is 27.3. The molecule has 0 aromatic heterocycles. The lowest BCUT2D eigenvalue weighted by Gasteiger charge is -2.29. The van der Waals surface area contributed by atoms with Crippen molar-refractivity contribution in [2.45, 2.75) is 65.6 Å². The monoisotopic (exact) mass is 522 g/mol. The van der Waals surface area contributed by atoms with E-state index in [4.69, 9.17) is 16.3 Å². The molecule has 0 aliphatic rings. The molecule has 0 saturated carbocycles. The summed E-state index contributed by atoms with van der Waals surface area (Å²) < 4.78 is 6.60. The molecule has 7 heteroatoms. The zero-order valence-electron chi connectivity index (χ0n) is 19.5. The van der Waals surface area contributed by atoms with Crippen LogP contribution in [-0.2, 0) is 21.5 Å². The van der Waals surface area contributed by atoms with Crippen LogP contribution in [0.4, 0.5) is 0 Å². The molecule has 0 bridgehead atoms. The van der Waals surface area contributed by atoms with Crippen LogP contribution in [-0.4, -0.2) is 35.4 Å². The van der Waals surface area contributed by atoms with E-state index < -0.39 is 6.04 Å². The van der Waals surface area contributed by atoms with Gasteiger partial charge in [-0.1, -0.05) is 56.6 Å². The molecular weight excluding hydrogens is 492 g/mol. The molecule has 2 rings (SSSR count). The average Bonchev–Trinajstić information content (AvgIpc) is 2.70. The fraction of sp³-hybridized carbons (Fsp3) is 0.440. The van der Waals surface area contributed by atoms with Crippen LogP contribution in [0.25, 0.3) is 0 Å². The fourth-order valence-corrected chi connectivity index (χ4v) is 3.79. The third-order valence-corrected chi connectivity index (χ3v) is 6.03. The Bertz CT molecular complexity index is 956. The molecule has 2 aromatic rings. The molecule has 0 radical (unpaired) electrons. The molecule has 2 aromatic carbocycles. The Labute approximate surface area is 204 Å². The number of hydrogen-bond donors (Lipinski definition) is 1. The summed E-state index contributed by atoms with van der Waals surface area (Å²) in [6.45, 7) is 11.9. The molecule has 0 heterocycles. The third-order valence-electron chi connectivity index (χ3n) is 5.05. The highest BCUT2D eigenvalue weighted by molar-refractivity contribution is 9.10. The molecule has 1 N–H and O–H groups in total. The molecule has 0 saturated heterocycles. The highest BCUT2D eigenvalue weighted by atomic mass is 79.9. The second kappa shape index (κ2) is 11.2. The second-order valence-corrected chi connectivity index (χ2v) is 10.4. The van der Waals surface area contributed by atoms with Gasteiger partial charge in [-0.05, 0) is 71.4 Å². The Morgan fingerprint density at radius 3 is 2.34 bits per heavy atom. The van der Waals surface area contributed by atoms with Crippen LogP contribution in [0.15, 0.2) is 46.9 Å². The SMILES string of the molecule is CC(C)NC(=O)[C@@H](C)N(Cc1ccccc1Cl)C(=O)COc1ccc(C(C)(C)C)cc1Br. The van der Waals surface area contributed by atoms with Gasteiger partial charge < -0.3 is 15.0 Å². The van der Waals surface area contributed by atoms with E-state index >= 15 is 0 Å². The number of nitrogens with one attached hydrogen (secondary N) is 1. The first-order valence-electron chi connectivity index (χ1n) is 10.7. The standard InChI is InChI=1S/C25H32BrClN2O3/c1-16(2)28-24(31)17(3)29(14-18-9-7-8-10-21(18)27)23(30)15-32-22-12-11-19(13-20(22)26)25(4,5)6/h7-13,16-17H,14-15H2,1-6H3,(H,28,31)/t17-/m1/s1. The number of rotatable bonds is 8. The van der Waals surface area contributed by atoms with Crippen molar-refractivity contribution in [1.29, 1.82) is 0 Å². The lowest BCUT2D eigenvalue weighted by atomic mass is 9.87. The highest BCUT2D eigenvalue weighted by Crippen LogP contribution is 2.31. The summed E-state index contributed by atoms with van der Waals surface area (Å²) >= 11 is 9.85. The van der Waals surface area contributed by atoms with Gasteiger partial charge in [0.1, 0.15) is 11.8 Å². The van der Waals surface area contributed by atoms with Crippen LogP contribution in [0.2, 0.25) is 5.02 Å². The zero-order chi connectivity index (χ0) is 24.1. The number of halogens is 2. The zero-order valence-corrected chi connectivity index (χ0v) is 21.9. The first-order valence-corrected chi connectivity index (χ1v) is 11.8. The maximum Gasteiger partial charge on any atom is 0.261 e. The predicted molar refractivity (Wildman–Crippen MR) is 133 cm³/mol. The number of carbonyl (C=O) groups excluding carboxylic acids is 2. The lowest BCUT2D eigenvalue weighted by Crippen LogP contribution is -2.50. The molecule has 2 amide bonds. The molecule has 32 heavy (non-hydrogen) atoms. The maximum atomic E-state index is 13.2. The van der Waals surface area contributed by atoms with Crippen LogP contribution in [0.5, 0.6) is 5.75 Å². The number of nitrogens with zero attached hydrogens (tertiary/aromatic N) is 1.